The first-order valence-electron chi connectivity index (χ1n) is 15.9. The number of methoxy groups -OCH3 is 1. The van der Waals surface area contributed by atoms with Gasteiger partial charge in [-0.15, -0.1) is 0 Å². The molecule has 0 aromatic heterocycles. The fourth-order valence-corrected chi connectivity index (χ4v) is 6.78. The number of benzene rings is 1. The maximum atomic E-state index is 14.2. The number of ether oxygens (including phenoxy) is 4. The van der Waals surface area contributed by atoms with Crippen LogP contribution >= 0.6 is 0 Å². The second-order valence-corrected chi connectivity index (χ2v) is 13.2. The predicted octanol–water partition coefficient (Wildman–Crippen LogP) is 3.67. The van der Waals surface area contributed by atoms with E-state index in [2.05, 4.69) is 4.90 Å². The highest BCUT2D eigenvalue weighted by atomic mass is 16.7. The molecule has 0 spiro atoms. The lowest BCUT2D eigenvalue weighted by Gasteiger charge is -2.35. The first-order chi connectivity index (χ1) is 20.6. The third-order valence-corrected chi connectivity index (χ3v) is 9.24. The number of nitrogens with zero attached hydrogens (tertiary/aromatic N) is 2. The molecule has 0 radical (unpaired) electrons. The van der Waals surface area contributed by atoms with Crippen LogP contribution < -0.4 is 9.47 Å². The van der Waals surface area contributed by atoms with Gasteiger partial charge in [0.15, 0.2) is 23.2 Å². The second kappa shape index (κ2) is 13.4. The quantitative estimate of drug-likeness (QED) is 0.410. The van der Waals surface area contributed by atoms with E-state index in [0.29, 0.717) is 49.7 Å². The fraction of sp³-hybridized carbons (Fsp3) is 0.697. The summed E-state index contributed by atoms with van der Waals surface area (Å²) in [6, 6.07) is 4.03. The summed E-state index contributed by atoms with van der Waals surface area (Å²) in [5.41, 5.74) is -0.892. The van der Waals surface area contributed by atoms with Gasteiger partial charge in [-0.05, 0) is 108 Å². The molecule has 1 saturated heterocycles. The number of amides is 1. The molecule has 1 aromatic rings. The molecule has 1 amide bonds. The van der Waals surface area contributed by atoms with Gasteiger partial charge in [0.25, 0.3) is 0 Å². The van der Waals surface area contributed by atoms with Crippen molar-refractivity contribution < 1.29 is 38.7 Å². The summed E-state index contributed by atoms with van der Waals surface area (Å²) in [6.45, 7) is 7.22. The van der Waals surface area contributed by atoms with Crippen LogP contribution in [0.25, 0.3) is 0 Å². The van der Waals surface area contributed by atoms with Crippen LogP contribution in [0.15, 0.2) is 24.0 Å². The van der Waals surface area contributed by atoms with E-state index in [0.717, 1.165) is 62.7 Å². The van der Waals surface area contributed by atoms with E-state index in [9.17, 15) is 19.8 Å². The molecule has 238 valence electrons. The van der Waals surface area contributed by atoms with Crippen molar-refractivity contribution in [1.82, 2.24) is 9.80 Å². The molecule has 0 aliphatic carbocycles. The average Bonchev–Trinajstić information content (AvgIpc) is 3.63. The Bertz CT molecular complexity index is 1190. The Kier molecular flexibility index (Phi) is 9.88. The van der Waals surface area contributed by atoms with Crippen molar-refractivity contribution >= 4 is 11.9 Å². The number of carbonyl (C=O) groups excluding carboxylic acids is 2. The Morgan fingerprint density at radius 2 is 1.72 bits per heavy atom. The molecule has 4 aliphatic heterocycles. The van der Waals surface area contributed by atoms with Crippen molar-refractivity contribution in [3.63, 3.8) is 0 Å². The van der Waals surface area contributed by atoms with Gasteiger partial charge in [-0.3, -0.25) is 4.79 Å². The molecule has 10 nitrogen and oxygen atoms in total. The van der Waals surface area contributed by atoms with E-state index in [1.807, 2.05) is 18.2 Å². The van der Waals surface area contributed by atoms with Gasteiger partial charge in [-0.2, -0.15) is 0 Å². The highest BCUT2D eigenvalue weighted by molar-refractivity contribution is 5.88. The van der Waals surface area contributed by atoms with Crippen LogP contribution in [0.1, 0.15) is 88.7 Å². The van der Waals surface area contributed by atoms with Gasteiger partial charge in [0.1, 0.15) is 5.76 Å². The maximum Gasteiger partial charge on any atom is 0.339 e. The van der Waals surface area contributed by atoms with Crippen LogP contribution in [0, 0.1) is 0 Å². The second-order valence-electron chi connectivity index (χ2n) is 13.2. The average molecular weight is 601 g/mol. The van der Waals surface area contributed by atoms with Gasteiger partial charge in [-0.1, -0.05) is 0 Å². The Morgan fingerprint density at radius 3 is 2.44 bits per heavy atom. The standard InChI is InChI=1S/C33H48N2O8/c1-32(2,38)12-9-13-33(39,20-29(36)35-15-7-8-16-35)31(37)43-30-25-21-34(14-6-4-5-10-26(30)40-3)17-11-23-18-27-28(19-24(23)25)42-22-41-27/h10,18-19,25,30,38-39H,4-9,11-17,20-22H2,1-3H3/b26-10+/t25-,30+,33-/m1/s1. The zero-order valence-corrected chi connectivity index (χ0v) is 25.9. The molecule has 43 heavy (non-hydrogen) atoms. The number of rotatable bonds is 9. The minimum absolute atomic E-state index is 0.000217. The number of fused-ring (bicyclic) bond motifs is 5. The monoisotopic (exact) mass is 600 g/mol. The smallest absolute Gasteiger partial charge is 0.339 e. The molecule has 0 saturated carbocycles. The Hall–Kier alpha value is -2.82. The van der Waals surface area contributed by atoms with Gasteiger partial charge in [0, 0.05) is 32.1 Å². The van der Waals surface area contributed by atoms with Gasteiger partial charge >= 0.3 is 5.97 Å². The number of esters is 1. The Labute approximate surface area is 254 Å². The maximum absolute atomic E-state index is 14.2. The minimum Gasteiger partial charge on any atom is -0.497 e. The summed E-state index contributed by atoms with van der Waals surface area (Å²) in [6.07, 6.45) is 6.96. The number of aliphatic hydroxyl groups is 2. The molecule has 2 N–H and O–H groups in total. The minimum atomic E-state index is -2.04. The predicted molar refractivity (Wildman–Crippen MR) is 160 cm³/mol. The zero-order chi connectivity index (χ0) is 30.6. The van der Waals surface area contributed by atoms with Crippen molar-refractivity contribution in [1.29, 1.82) is 0 Å². The third kappa shape index (κ3) is 7.64. The van der Waals surface area contributed by atoms with Crippen molar-refractivity contribution in [3.8, 4) is 11.5 Å². The summed E-state index contributed by atoms with van der Waals surface area (Å²) in [5.74, 6) is 0.529. The first kappa shape index (κ1) is 31.6. The van der Waals surface area contributed by atoms with Crippen molar-refractivity contribution in [2.45, 2.75) is 101 Å². The van der Waals surface area contributed by atoms with E-state index in [1.165, 1.54) is 0 Å². The van der Waals surface area contributed by atoms with Crippen molar-refractivity contribution in [3.05, 3.63) is 35.1 Å². The van der Waals surface area contributed by atoms with Crippen LogP contribution in [-0.4, -0.2) is 95.8 Å². The molecule has 4 atom stereocenters. The van der Waals surface area contributed by atoms with E-state index in [4.69, 9.17) is 18.9 Å². The van der Waals surface area contributed by atoms with E-state index >= 15 is 0 Å². The van der Waals surface area contributed by atoms with Crippen LogP contribution in [0.2, 0.25) is 0 Å². The molecule has 1 fully saturated rings. The van der Waals surface area contributed by atoms with E-state index < -0.39 is 23.3 Å². The van der Waals surface area contributed by atoms with Crippen molar-refractivity contribution in [2.24, 2.45) is 0 Å². The largest absolute Gasteiger partial charge is 0.497 e. The number of likely N-dealkylation sites (tertiary alicyclic amines) is 1. The molecular formula is C33H48N2O8. The molecule has 1 aromatic carbocycles. The normalized spacial score (nSPS) is 26.4. The van der Waals surface area contributed by atoms with Crippen LogP contribution in [0.3, 0.4) is 0 Å². The topological polar surface area (TPSA) is 118 Å². The molecule has 1 unspecified atom stereocenters. The van der Waals surface area contributed by atoms with Gasteiger partial charge in [0.05, 0.1) is 19.1 Å². The SMILES string of the molecule is CO/C1=C/CCCCN2CCc3cc4c(cc3[C@@H](C2)[C@@H]1OC(=O)[C@@](O)(CCCC(C)(C)O)CC(=O)N1CCCC1)OCO4. The van der Waals surface area contributed by atoms with E-state index in [-0.39, 0.29) is 31.5 Å². The summed E-state index contributed by atoms with van der Waals surface area (Å²) in [5, 5.41) is 22.2. The number of allylic oxidation sites excluding steroid dienone is 1. The number of hydrogen-bond donors (Lipinski definition) is 2. The first-order valence-corrected chi connectivity index (χ1v) is 15.9. The molecule has 4 heterocycles. The number of hydrogen-bond acceptors (Lipinski definition) is 9. The fourth-order valence-electron chi connectivity index (χ4n) is 6.78. The summed E-state index contributed by atoms with van der Waals surface area (Å²) < 4.78 is 23.7. The molecule has 4 aliphatic rings. The molecule has 5 rings (SSSR count). The highest BCUT2D eigenvalue weighted by Crippen LogP contribution is 2.42. The number of carbonyl (C=O) groups is 2. The van der Waals surface area contributed by atoms with Gasteiger partial charge in [0.2, 0.25) is 12.7 Å². The highest BCUT2D eigenvalue weighted by Gasteiger charge is 2.45. The molecule has 10 heteroatoms. The lowest BCUT2D eigenvalue weighted by Crippen LogP contribution is -2.48. The van der Waals surface area contributed by atoms with E-state index in [1.54, 1.807) is 25.9 Å². The zero-order valence-electron chi connectivity index (χ0n) is 25.9. The summed E-state index contributed by atoms with van der Waals surface area (Å²) in [7, 11) is 1.58. The summed E-state index contributed by atoms with van der Waals surface area (Å²) in [4.78, 5) is 31.5. The van der Waals surface area contributed by atoms with Gasteiger partial charge < -0.3 is 39.0 Å². The summed E-state index contributed by atoms with van der Waals surface area (Å²) >= 11 is 0. The lowest BCUT2D eigenvalue weighted by molar-refractivity contribution is -0.177. The van der Waals surface area contributed by atoms with Crippen LogP contribution in [-0.2, 0) is 25.5 Å². The molecule has 2 bridgehead atoms. The molecular weight excluding hydrogens is 552 g/mol. The van der Waals surface area contributed by atoms with Crippen LogP contribution in [0.5, 0.6) is 11.5 Å². The Morgan fingerprint density at radius 1 is 1.00 bits per heavy atom. The van der Waals surface area contributed by atoms with Crippen molar-refractivity contribution in [2.75, 3.05) is 46.6 Å². The van der Waals surface area contributed by atoms with Gasteiger partial charge in [-0.25, -0.2) is 4.79 Å². The third-order valence-electron chi connectivity index (χ3n) is 9.24. The lowest BCUT2D eigenvalue weighted by atomic mass is 9.86. The Balaban J connectivity index is 1.49. The van der Waals surface area contributed by atoms with Crippen LogP contribution in [0.4, 0.5) is 0 Å².